The van der Waals surface area contributed by atoms with E-state index in [2.05, 4.69) is 4.98 Å². The average Bonchev–Trinajstić information content (AvgIpc) is 2.31. The predicted molar refractivity (Wildman–Crippen MR) is 47.1 cm³/mol. The van der Waals surface area contributed by atoms with E-state index in [-0.39, 0.29) is 12.4 Å². The number of aliphatic carboxylic acids is 1. The van der Waals surface area contributed by atoms with Crippen LogP contribution < -0.4 is 0 Å². The second-order valence-corrected chi connectivity index (χ2v) is 2.10. The molecule has 5 heteroatoms. The summed E-state index contributed by atoms with van der Waals surface area (Å²) < 4.78 is 1.74. The van der Waals surface area contributed by atoms with Gasteiger partial charge in [-0.3, -0.25) is 0 Å². The lowest BCUT2D eigenvalue weighted by Gasteiger charge is -1.91. The monoisotopic (exact) mass is 188 g/mol. The summed E-state index contributed by atoms with van der Waals surface area (Å²) in [4.78, 5) is 13.9. The number of carboxylic acid groups (broad SMARTS) is 1. The van der Waals surface area contributed by atoms with Crippen LogP contribution in [-0.2, 0) is 11.8 Å². The lowest BCUT2D eigenvalue weighted by molar-refractivity contribution is -0.131. The van der Waals surface area contributed by atoms with Gasteiger partial charge in [-0.25, -0.2) is 9.78 Å². The minimum atomic E-state index is -0.953. The standard InChI is InChI=1S/C7H8N2O2.ClH/c1-9-5-8-4-6(9)2-3-7(10)11;/h2-5H,1H3,(H,10,11);1H/b3-2+;. The van der Waals surface area contributed by atoms with E-state index in [1.165, 1.54) is 6.08 Å². The zero-order valence-corrected chi connectivity index (χ0v) is 7.28. The van der Waals surface area contributed by atoms with Crippen LogP contribution in [0, 0.1) is 0 Å². The molecule has 0 atom stereocenters. The van der Waals surface area contributed by atoms with Crippen molar-refractivity contribution in [2.75, 3.05) is 0 Å². The number of hydrogen-bond acceptors (Lipinski definition) is 2. The summed E-state index contributed by atoms with van der Waals surface area (Å²) in [6, 6.07) is 0. The van der Waals surface area contributed by atoms with Crippen LogP contribution in [0.5, 0.6) is 0 Å². The first kappa shape index (κ1) is 10.7. The number of aromatic nitrogens is 2. The van der Waals surface area contributed by atoms with Crippen LogP contribution in [0.1, 0.15) is 5.69 Å². The Bertz CT molecular complexity index is 293. The molecule has 0 radical (unpaired) electrons. The van der Waals surface area contributed by atoms with E-state index in [9.17, 15) is 4.79 Å². The van der Waals surface area contributed by atoms with Crippen molar-refractivity contribution >= 4 is 24.5 Å². The van der Waals surface area contributed by atoms with Crippen LogP contribution in [0.4, 0.5) is 0 Å². The van der Waals surface area contributed by atoms with Gasteiger partial charge < -0.3 is 9.67 Å². The SMILES string of the molecule is Cl.Cn1cncc1/C=C/C(=O)O. The maximum atomic E-state index is 10.1. The molecular weight excluding hydrogens is 180 g/mol. The molecule has 0 aromatic carbocycles. The van der Waals surface area contributed by atoms with E-state index in [4.69, 9.17) is 5.11 Å². The molecule has 1 aromatic heterocycles. The summed E-state index contributed by atoms with van der Waals surface area (Å²) in [6.45, 7) is 0. The smallest absolute Gasteiger partial charge is 0.328 e. The third-order valence-electron chi connectivity index (χ3n) is 1.25. The van der Waals surface area contributed by atoms with Crippen molar-refractivity contribution in [2.24, 2.45) is 7.05 Å². The van der Waals surface area contributed by atoms with Gasteiger partial charge in [0, 0.05) is 13.1 Å². The molecule has 1 aromatic rings. The van der Waals surface area contributed by atoms with E-state index < -0.39 is 5.97 Å². The summed E-state index contributed by atoms with van der Waals surface area (Å²) in [5.41, 5.74) is 0.771. The van der Waals surface area contributed by atoms with E-state index in [0.29, 0.717) is 0 Å². The minimum Gasteiger partial charge on any atom is -0.478 e. The maximum absolute atomic E-state index is 10.1. The number of rotatable bonds is 2. The summed E-state index contributed by atoms with van der Waals surface area (Å²) in [6.07, 6.45) is 5.79. The number of halogens is 1. The predicted octanol–water partition coefficient (Wildman–Crippen LogP) is 0.940. The van der Waals surface area contributed by atoms with Crippen LogP contribution in [0.2, 0.25) is 0 Å². The molecule has 1 rings (SSSR count). The van der Waals surface area contributed by atoms with E-state index in [1.54, 1.807) is 24.1 Å². The van der Waals surface area contributed by atoms with Gasteiger partial charge in [0.25, 0.3) is 0 Å². The molecule has 0 aliphatic carbocycles. The van der Waals surface area contributed by atoms with E-state index in [1.807, 2.05) is 0 Å². The molecule has 0 unspecified atom stereocenters. The van der Waals surface area contributed by atoms with Gasteiger partial charge in [0.1, 0.15) is 0 Å². The molecule has 0 aliphatic rings. The van der Waals surface area contributed by atoms with Crippen LogP contribution in [-0.4, -0.2) is 20.6 Å². The third kappa shape index (κ3) is 2.75. The lowest BCUT2D eigenvalue weighted by atomic mass is 10.4. The average molecular weight is 189 g/mol. The first-order chi connectivity index (χ1) is 5.20. The zero-order chi connectivity index (χ0) is 8.27. The van der Waals surface area contributed by atoms with Crippen LogP contribution in [0.15, 0.2) is 18.6 Å². The minimum absolute atomic E-state index is 0. The Hall–Kier alpha value is -1.29. The molecule has 12 heavy (non-hydrogen) atoms. The van der Waals surface area contributed by atoms with Crippen molar-refractivity contribution in [3.8, 4) is 0 Å². The van der Waals surface area contributed by atoms with Gasteiger partial charge in [-0.1, -0.05) is 0 Å². The molecule has 0 amide bonds. The Balaban J connectivity index is 0.00000121. The van der Waals surface area contributed by atoms with Gasteiger partial charge in [0.05, 0.1) is 18.2 Å². The molecule has 0 bridgehead atoms. The first-order valence-electron chi connectivity index (χ1n) is 3.07. The fourth-order valence-corrected chi connectivity index (χ4v) is 0.685. The largest absolute Gasteiger partial charge is 0.478 e. The molecule has 66 valence electrons. The van der Waals surface area contributed by atoms with Gasteiger partial charge >= 0.3 is 5.97 Å². The zero-order valence-electron chi connectivity index (χ0n) is 6.47. The van der Waals surface area contributed by atoms with Crippen molar-refractivity contribution in [1.29, 1.82) is 0 Å². The van der Waals surface area contributed by atoms with Crippen molar-refractivity contribution in [3.05, 3.63) is 24.3 Å². The summed E-state index contributed by atoms with van der Waals surface area (Å²) >= 11 is 0. The molecule has 0 saturated heterocycles. The Morgan fingerprint density at radius 1 is 1.75 bits per heavy atom. The van der Waals surface area contributed by atoms with Crippen LogP contribution in [0.3, 0.4) is 0 Å². The van der Waals surface area contributed by atoms with Crippen LogP contribution >= 0.6 is 12.4 Å². The van der Waals surface area contributed by atoms with E-state index in [0.717, 1.165) is 11.8 Å². The first-order valence-corrected chi connectivity index (χ1v) is 3.07. The van der Waals surface area contributed by atoms with Crippen LogP contribution in [0.25, 0.3) is 6.08 Å². The Morgan fingerprint density at radius 3 is 2.83 bits per heavy atom. The quantitative estimate of drug-likeness (QED) is 0.703. The summed E-state index contributed by atoms with van der Waals surface area (Å²) in [5.74, 6) is -0.953. The Kier molecular flexibility index (Phi) is 4.07. The van der Waals surface area contributed by atoms with Gasteiger partial charge in [-0.05, 0) is 6.08 Å². The fraction of sp³-hybridized carbons (Fsp3) is 0.143. The third-order valence-corrected chi connectivity index (χ3v) is 1.25. The van der Waals surface area contributed by atoms with Gasteiger partial charge in [0.2, 0.25) is 0 Å². The molecular formula is C7H9ClN2O2. The molecule has 0 fully saturated rings. The normalized spacial score (nSPS) is 9.75. The number of carbonyl (C=O) groups is 1. The fourth-order valence-electron chi connectivity index (χ4n) is 0.685. The number of nitrogens with zero attached hydrogens (tertiary/aromatic N) is 2. The highest BCUT2D eigenvalue weighted by molar-refractivity contribution is 5.85. The second kappa shape index (κ2) is 4.56. The highest BCUT2D eigenvalue weighted by Crippen LogP contribution is 1.97. The number of imidazole rings is 1. The number of hydrogen-bond donors (Lipinski definition) is 1. The van der Waals surface area contributed by atoms with E-state index >= 15 is 0 Å². The van der Waals surface area contributed by atoms with Crippen molar-refractivity contribution in [2.45, 2.75) is 0 Å². The summed E-state index contributed by atoms with van der Waals surface area (Å²) in [7, 11) is 1.80. The summed E-state index contributed by atoms with van der Waals surface area (Å²) in [5, 5.41) is 8.29. The maximum Gasteiger partial charge on any atom is 0.328 e. The molecule has 0 aliphatic heterocycles. The molecule has 1 N–H and O–H groups in total. The van der Waals surface area contributed by atoms with Crippen molar-refractivity contribution in [1.82, 2.24) is 9.55 Å². The Morgan fingerprint density at radius 2 is 2.42 bits per heavy atom. The van der Waals surface area contributed by atoms with Gasteiger partial charge in [-0.2, -0.15) is 0 Å². The lowest BCUT2D eigenvalue weighted by Crippen LogP contribution is -1.90. The second-order valence-electron chi connectivity index (χ2n) is 2.10. The highest BCUT2D eigenvalue weighted by atomic mass is 35.5. The number of aryl methyl sites for hydroxylation is 1. The molecule has 0 spiro atoms. The molecule has 0 saturated carbocycles. The van der Waals surface area contributed by atoms with Gasteiger partial charge in [-0.15, -0.1) is 12.4 Å². The Labute approximate surface area is 75.9 Å². The van der Waals surface area contributed by atoms with Gasteiger partial charge in [0.15, 0.2) is 0 Å². The topological polar surface area (TPSA) is 55.1 Å². The molecule has 4 nitrogen and oxygen atoms in total. The van der Waals surface area contributed by atoms with Crippen molar-refractivity contribution in [3.63, 3.8) is 0 Å². The highest BCUT2D eigenvalue weighted by Gasteiger charge is 1.92. The van der Waals surface area contributed by atoms with Crippen molar-refractivity contribution < 1.29 is 9.90 Å². The number of carboxylic acids is 1. The molecule has 1 heterocycles.